The van der Waals surface area contributed by atoms with E-state index in [-0.39, 0.29) is 22.8 Å². The number of nitro groups is 1. The summed E-state index contributed by atoms with van der Waals surface area (Å²) in [6.07, 6.45) is 1.58. The zero-order valence-corrected chi connectivity index (χ0v) is 18.8. The molecule has 0 radical (unpaired) electrons. The first-order valence-electron chi connectivity index (χ1n) is 9.81. The highest BCUT2D eigenvalue weighted by Gasteiger charge is 2.29. The van der Waals surface area contributed by atoms with Crippen molar-refractivity contribution in [1.29, 1.82) is 0 Å². The highest BCUT2D eigenvalue weighted by molar-refractivity contribution is 7.92. The second kappa shape index (κ2) is 10.1. The van der Waals surface area contributed by atoms with Crippen LogP contribution in [0.2, 0.25) is 0 Å². The van der Waals surface area contributed by atoms with E-state index in [1.54, 1.807) is 36.5 Å². The van der Waals surface area contributed by atoms with E-state index < -0.39 is 27.4 Å². The number of hydrogen-bond acceptors (Lipinski definition) is 7. The standard InChI is InChI=1S/C22H22N4O6S/c1-16-6-11-20(13-21(16)26(28)29)33(30,31)25(18-7-9-19(32-2)10-8-18)15-22(27)24-14-17-5-3-4-12-23-17/h3-13H,14-15H2,1-2H3,(H,24,27). The van der Waals surface area contributed by atoms with Crippen molar-refractivity contribution in [2.75, 3.05) is 18.0 Å². The molecule has 0 saturated carbocycles. The number of benzene rings is 2. The Morgan fingerprint density at radius 3 is 2.48 bits per heavy atom. The smallest absolute Gasteiger partial charge is 0.273 e. The molecule has 0 unspecified atom stereocenters. The number of aryl methyl sites for hydroxylation is 1. The monoisotopic (exact) mass is 470 g/mol. The van der Waals surface area contributed by atoms with Crippen LogP contribution in [0.25, 0.3) is 0 Å². The van der Waals surface area contributed by atoms with Crippen molar-refractivity contribution >= 4 is 27.3 Å². The fourth-order valence-electron chi connectivity index (χ4n) is 3.02. The van der Waals surface area contributed by atoms with Gasteiger partial charge >= 0.3 is 0 Å². The first kappa shape index (κ1) is 23.7. The lowest BCUT2D eigenvalue weighted by molar-refractivity contribution is -0.385. The number of nitro benzene ring substituents is 1. The minimum absolute atomic E-state index is 0.117. The van der Waals surface area contributed by atoms with Crippen LogP contribution >= 0.6 is 0 Å². The summed E-state index contributed by atoms with van der Waals surface area (Å²) in [6.45, 7) is 1.09. The molecule has 1 amide bonds. The molecule has 3 rings (SSSR count). The summed E-state index contributed by atoms with van der Waals surface area (Å²) >= 11 is 0. The molecular formula is C22H22N4O6S. The van der Waals surface area contributed by atoms with Gasteiger partial charge in [0.05, 0.1) is 34.9 Å². The lowest BCUT2D eigenvalue weighted by Gasteiger charge is -2.24. The number of hydrogen-bond donors (Lipinski definition) is 1. The van der Waals surface area contributed by atoms with Gasteiger partial charge in [0, 0.05) is 17.8 Å². The topological polar surface area (TPSA) is 132 Å². The van der Waals surface area contributed by atoms with Crippen LogP contribution in [-0.4, -0.2) is 37.9 Å². The Bertz CT molecular complexity index is 1250. The van der Waals surface area contributed by atoms with E-state index >= 15 is 0 Å². The highest BCUT2D eigenvalue weighted by Crippen LogP contribution is 2.29. The summed E-state index contributed by atoms with van der Waals surface area (Å²) < 4.78 is 32.9. The lowest BCUT2D eigenvalue weighted by Crippen LogP contribution is -2.40. The number of anilines is 1. The molecule has 0 aliphatic heterocycles. The Morgan fingerprint density at radius 1 is 1.15 bits per heavy atom. The highest BCUT2D eigenvalue weighted by atomic mass is 32.2. The number of carbonyl (C=O) groups is 1. The van der Waals surface area contributed by atoms with Crippen LogP contribution in [0.1, 0.15) is 11.3 Å². The third-order valence-corrected chi connectivity index (χ3v) is 6.58. The molecule has 0 spiro atoms. The number of sulfonamides is 1. The van der Waals surface area contributed by atoms with E-state index in [1.807, 2.05) is 0 Å². The Morgan fingerprint density at radius 2 is 1.88 bits per heavy atom. The van der Waals surface area contributed by atoms with Crippen molar-refractivity contribution in [3.8, 4) is 5.75 Å². The molecule has 0 aliphatic carbocycles. The van der Waals surface area contributed by atoms with Gasteiger partial charge in [-0.05, 0) is 49.4 Å². The molecule has 172 valence electrons. The number of amides is 1. The lowest BCUT2D eigenvalue weighted by atomic mass is 10.2. The molecule has 2 aromatic carbocycles. The van der Waals surface area contributed by atoms with Gasteiger partial charge in [-0.15, -0.1) is 0 Å². The van der Waals surface area contributed by atoms with Crippen molar-refractivity contribution in [3.05, 3.63) is 88.2 Å². The van der Waals surface area contributed by atoms with Crippen molar-refractivity contribution < 1.29 is 22.9 Å². The quantitative estimate of drug-likeness (QED) is 0.376. The minimum atomic E-state index is -4.31. The Balaban J connectivity index is 1.94. The largest absolute Gasteiger partial charge is 0.497 e. The van der Waals surface area contributed by atoms with Crippen LogP contribution in [0.5, 0.6) is 5.75 Å². The van der Waals surface area contributed by atoms with Crippen molar-refractivity contribution in [1.82, 2.24) is 10.3 Å². The van der Waals surface area contributed by atoms with E-state index in [0.29, 0.717) is 17.0 Å². The Labute approximate surface area is 191 Å². The van der Waals surface area contributed by atoms with Crippen LogP contribution in [0, 0.1) is 17.0 Å². The first-order chi connectivity index (χ1) is 15.7. The van der Waals surface area contributed by atoms with Crippen molar-refractivity contribution in [3.63, 3.8) is 0 Å². The maximum absolute atomic E-state index is 13.5. The molecule has 0 bridgehead atoms. The summed E-state index contributed by atoms with van der Waals surface area (Å²) in [5, 5.41) is 14.0. The van der Waals surface area contributed by atoms with Gasteiger partial charge in [0.15, 0.2) is 0 Å². The van der Waals surface area contributed by atoms with Crippen molar-refractivity contribution in [2.24, 2.45) is 0 Å². The van der Waals surface area contributed by atoms with Crippen LogP contribution in [-0.2, 0) is 21.4 Å². The van der Waals surface area contributed by atoms with Crippen LogP contribution in [0.4, 0.5) is 11.4 Å². The maximum atomic E-state index is 13.5. The Kier molecular flexibility index (Phi) is 7.23. The number of methoxy groups -OCH3 is 1. The third kappa shape index (κ3) is 5.63. The number of carbonyl (C=O) groups excluding carboxylic acids is 1. The van der Waals surface area contributed by atoms with E-state index in [9.17, 15) is 23.3 Å². The molecule has 1 aromatic heterocycles. The fraction of sp³-hybridized carbons (Fsp3) is 0.182. The average Bonchev–Trinajstić information content (AvgIpc) is 2.82. The molecular weight excluding hydrogens is 448 g/mol. The molecule has 0 fully saturated rings. The Hall–Kier alpha value is -3.99. The van der Waals surface area contributed by atoms with E-state index in [1.165, 1.54) is 38.3 Å². The molecule has 0 atom stereocenters. The molecule has 11 heteroatoms. The van der Waals surface area contributed by atoms with Crippen LogP contribution in [0.15, 0.2) is 71.8 Å². The molecule has 0 aliphatic rings. The molecule has 10 nitrogen and oxygen atoms in total. The maximum Gasteiger partial charge on any atom is 0.273 e. The minimum Gasteiger partial charge on any atom is -0.497 e. The number of aromatic nitrogens is 1. The molecule has 33 heavy (non-hydrogen) atoms. The van der Waals surface area contributed by atoms with Crippen molar-refractivity contribution in [2.45, 2.75) is 18.4 Å². The van der Waals surface area contributed by atoms with Gasteiger partial charge in [-0.25, -0.2) is 8.42 Å². The summed E-state index contributed by atoms with van der Waals surface area (Å²) in [4.78, 5) is 27.1. The van der Waals surface area contributed by atoms with Gasteiger partial charge in [0.25, 0.3) is 15.7 Å². The summed E-state index contributed by atoms with van der Waals surface area (Å²) in [7, 11) is -2.84. The molecule has 0 saturated heterocycles. The molecule has 3 aromatic rings. The van der Waals surface area contributed by atoms with Crippen LogP contribution in [0.3, 0.4) is 0 Å². The number of rotatable bonds is 9. The first-order valence-corrected chi connectivity index (χ1v) is 11.2. The van der Waals surface area contributed by atoms with Gasteiger partial charge in [0.2, 0.25) is 5.91 Å². The molecule has 1 heterocycles. The van der Waals surface area contributed by atoms with Gasteiger partial charge in [-0.3, -0.25) is 24.2 Å². The normalized spacial score (nSPS) is 11.0. The second-order valence-corrected chi connectivity index (χ2v) is 8.88. The van der Waals surface area contributed by atoms with Gasteiger partial charge in [0.1, 0.15) is 12.3 Å². The van der Waals surface area contributed by atoms with E-state index in [4.69, 9.17) is 4.74 Å². The predicted octanol–water partition coefficient (Wildman–Crippen LogP) is 2.82. The number of ether oxygens (including phenoxy) is 1. The van der Waals surface area contributed by atoms with Gasteiger partial charge in [-0.2, -0.15) is 0 Å². The number of nitrogens with one attached hydrogen (secondary N) is 1. The summed E-state index contributed by atoms with van der Waals surface area (Å²) in [5.41, 5.74) is 0.805. The van der Waals surface area contributed by atoms with E-state index in [0.717, 1.165) is 10.4 Å². The SMILES string of the molecule is COc1ccc(N(CC(=O)NCc2ccccn2)S(=O)(=O)c2ccc(C)c([N+](=O)[O-])c2)cc1. The number of nitrogens with zero attached hydrogens (tertiary/aromatic N) is 3. The van der Waals surface area contributed by atoms with Crippen LogP contribution < -0.4 is 14.4 Å². The predicted molar refractivity (Wildman–Crippen MR) is 121 cm³/mol. The van der Waals surface area contributed by atoms with Gasteiger partial charge in [-0.1, -0.05) is 12.1 Å². The van der Waals surface area contributed by atoms with E-state index in [2.05, 4.69) is 10.3 Å². The molecule has 1 N–H and O–H groups in total. The second-order valence-electron chi connectivity index (χ2n) is 7.01. The summed E-state index contributed by atoms with van der Waals surface area (Å²) in [5.74, 6) is -0.0664. The third-order valence-electron chi connectivity index (χ3n) is 4.81. The van der Waals surface area contributed by atoms with Gasteiger partial charge < -0.3 is 10.1 Å². The fourth-order valence-corrected chi connectivity index (χ4v) is 4.46. The average molecular weight is 471 g/mol. The summed E-state index contributed by atoms with van der Waals surface area (Å²) in [6, 6.07) is 15.0. The number of pyridine rings is 1. The zero-order chi connectivity index (χ0) is 24.0. The zero-order valence-electron chi connectivity index (χ0n) is 18.0.